The SMILES string of the molecule is Cc1csc(/C(C#N)=C/Nc2nc3c(F)cc(F)cc3s2)n1. The summed E-state index contributed by atoms with van der Waals surface area (Å²) in [5.41, 5.74) is 1.29. The van der Waals surface area contributed by atoms with Crippen LogP contribution in [-0.2, 0) is 0 Å². The number of nitrogens with zero attached hydrogens (tertiary/aromatic N) is 3. The van der Waals surface area contributed by atoms with Crippen molar-refractivity contribution in [3.63, 3.8) is 0 Å². The largest absolute Gasteiger partial charge is 0.337 e. The molecular formula is C14H8F2N4S2. The molecule has 22 heavy (non-hydrogen) atoms. The highest BCUT2D eigenvalue weighted by Gasteiger charge is 2.11. The van der Waals surface area contributed by atoms with Crippen LogP contribution >= 0.6 is 22.7 Å². The Bertz CT molecular complexity index is 921. The number of allylic oxidation sites excluding steroid dienone is 1. The van der Waals surface area contributed by atoms with E-state index in [1.165, 1.54) is 23.6 Å². The molecule has 0 aliphatic heterocycles. The Balaban J connectivity index is 1.91. The van der Waals surface area contributed by atoms with E-state index in [4.69, 9.17) is 5.26 Å². The first-order valence-electron chi connectivity index (χ1n) is 6.11. The molecule has 0 bridgehead atoms. The fraction of sp³-hybridized carbons (Fsp3) is 0.0714. The maximum Gasteiger partial charge on any atom is 0.187 e. The van der Waals surface area contributed by atoms with Crippen LogP contribution in [0.25, 0.3) is 15.8 Å². The molecule has 0 aliphatic rings. The summed E-state index contributed by atoms with van der Waals surface area (Å²) >= 11 is 2.46. The molecule has 8 heteroatoms. The highest BCUT2D eigenvalue weighted by molar-refractivity contribution is 7.22. The van der Waals surface area contributed by atoms with Gasteiger partial charge in [0.2, 0.25) is 0 Å². The fourth-order valence-corrected chi connectivity index (χ4v) is 3.41. The maximum atomic E-state index is 13.6. The van der Waals surface area contributed by atoms with Crippen LogP contribution in [0.15, 0.2) is 23.7 Å². The number of benzene rings is 1. The Labute approximate surface area is 132 Å². The van der Waals surface area contributed by atoms with Gasteiger partial charge in [-0.25, -0.2) is 18.7 Å². The van der Waals surface area contributed by atoms with Gasteiger partial charge >= 0.3 is 0 Å². The molecule has 0 fully saturated rings. The number of nitriles is 1. The molecule has 110 valence electrons. The first kappa shape index (κ1) is 14.6. The standard InChI is InChI=1S/C14H8F2N4S2/c1-7-6-21-13(19-7)8(4-17)5-18-14-20-12-10(16)2-9(15)3-11(12)22-14/h2-3,5-6H,1H3,(H,18,20)/b8-5+. The van der Waals surface area contributed by atoms with Gasteiger partial charge in [-0.3, -0.25) is 0 Å². The average Bonchev–Trinajstić information content (AvgIpc) is 3.06. The average molecular weight is 334 g/mol. The van der Waals surface area contributed by atoms with Crippen molar-refractivity contribution >= 4 is 43.6 Å². The van der Waals surface area contributed by atoms with Crippen LogP contribution in [0.4, 0.5) is 13.9 Å². The van der Waals surface area contributed by atoms with E-state index < -0.39 is 11.6 Å². The summed E-state index contributed by atoms with van der Waals surface area (Å²) in [6.45, 7) is 1.84. The monoisotopic (exact) mass is 334 g/mol. The molecule has 0 aliphatic carbocycles. The van der Waals surface area contributed by atoms with Gasteiger partial charge in [-0.1, -0.05) is 11.3 Å². The van der Waals surface area contributed by atoms with Crippen LogP contribution in [0.1, 0.15) is 10.7 Å². The van der Waals surface area contributed by atoms with Crippen LogP contribution in [0.5, 0.6) is 0 Å². The van der Waals surface area contributed by atoms with E-state index in [9.17, 15) is 8.78 Å². The van der Waals surface area contributed by atoms with Gasteiger partial charge in [0.15, 0.2) is 10.9 Å². The van der Waals surface area contributed by atoms with Crippen molar-refractivity contribution < 1.29 is 8.78 Å². The lowest BCUT2D eigenvalue weighted by atomic mass is 10.3. The van der Waals surface area contributed by atoms with Gasteiger partial charge in [-0.2, -0.15) is 5.26 Å². The molecule has 3 rings (SSSR count). The predicted octanol–water partition coefficient (Wildman–Crippen LogP) is 4.32. The number of hydrogen-bond donors (Lipinski definition) is 1. The van der Waals surface area contributed by atoms with Crippen molar-refractivity contribution in [3.8, 4) is 6.07 Å². The minimum absolute atomic E-state index is 0.103. The van der Waals surface area contributed by atoms with E-state index in [1.54, 1.807) is 0 Å². The first-order valence-corrected chi connectivity index (χ1v) is 7.81. The lowest BCUT2D eigenvalue weighted by molar-refractivity contribution is 0.591. The highest BCUT2D eigenvalue weighted by Crippen LogP contribution is 2.29. The summed E-state index contributed by atoms with van der Waals surface area (Å²) in [7, 11) is 0. The Hall–Kier alpha value is -2.37. The van der Waals surface area contributed by atoms with Crippen molar-refractivity contribution in [2.45, 2.75) is 6.92 Å². The number of hydrogen-bond acceptors (Lipinski definition) is 6. The number of thiazole rings is 2. The number of aryl methyl sites for hydroxylation is 1. The maximum absolute atomic E-state index is 13.6. The summed E-state index contributed by atoms with van der Waals surface area (Å²) in [6.07, 6.45) is 1.46. The van der Waals surface area contributed by atoms with Gasteiger partial charge in [0.05, 0.1) is 4.70 Å². The van der Waals surface area contributed by atoms with E-state index in [-0.39, 0.29) is 5.52 Å². The third kappa shape index (κ3) is 2.81. The minimum Gasteiger partial charge on any atom is -0.337 e. The smallest absolute Gasteiger partial charge is 0.187 e. The molecule has 3 aromatic rings. The zero-order chi connectivity index (χ0) is 15.7. The molecule has 0 atom stereocenters. The Morgan fingerprint density at radius 1 is 1.36 bits per heavy atom. The van der Waals surface area contributed by atoms with E-state index >= 15 is 0 Å². The molecular weight excluding hydrogens is 326 g/mol. The zero-order valence-corrected chi connectivity index (χ0v) is 12.9. The van der Waals surface area contributed by atoms with Crippen molar-refractivity contribution in [1.82, 2.24) is 9.97 Å². The molecule has 2 aromatic heterocycles. The van der Waals surface area contributed by atoms with Crippen molar-refractivity contribution in [2.75, 3.05) is 5.32 Å². The van der Waals surface area contributed by atoms with Crippen molar-refractivity contribution in [2.24, 2.45) is 0 Å². The molecule has 4 nitrogen and oxygen atoms in total. The number of aromatic nitrogens is 2. The number of fused-ring (bicyclic) bond motifs is 1. The number of rotatable bonds is 3. The molecule has 0 saturated carbocycles. The van der Waals surface area contributed by atoms with E-state index in [0.717, 1.165) is 23.1 Å². The summed E-state index contributed by atoms with van der Waals surface area (Å²) in [5.74, 6) is -1.36. The topological polar surface area (TPSA) is 61.6 Å². The summed E-state index contributed by atoms with van der Waals surface area (Å²) in [6, 6.07) is 4.06. The Morgan fingerprint density at radius 3 is 2.86 bits per heavy atom. The number of halogens is 2. The van der Waals surface area contributed by atoms with E-state index in [1.807, 2.05) is 18.4 Å². The van der Waals surface area contributed by atoms with E-state index in [2.05, 4.69) is 15.3 Å². The molecule has 0 saturated heterocycles. The lowest BCUT2D eigenvalue weighted by Crippen LogP contribution is -1.90. The Kier molecular flexibility index (Phi) is 3.83. The van der Waals surface area contributed by atoms with Gasteiger partial charge in [0.25, 0.3) is 0 Å². The van der Waals surface area contributed by atoms with Crippen molar-refractivity contribution in [1.29, 1.82) is 5.26 Å². The normalized spacial score (nSPS) is 11.6. The zero-order valence-electron chi connectivity index (χ0n) is 11.2. The summed E-state index contributed by atoms with van der Waals surface area (Å²) < 4.78 is 27.1. The molecule has 0 unspecified atom stereocenters. The van der Waals surface area contributed by atoms with Crippen molar-refractivity contribution in [3.05, 3.63) is 46.0 Å². The fourth-order valence-electron chi connectivity index (χ4n) is 1.77. The van der Waals surface area contributed by atoms with Gasteiger partial charge in [0, 0.05) is 23.3 Å². The minimum atomic E-state index is -0.709. The third-order valence-corrected chi connectivity index (χ3v) is 4.65. The Morgan fingerprint density at radius 2 is 2.18 bits per heavy atom. The second-order valence-corrected chi connectivity index (χ2v) is 6.25. The number of nitrogens with one attached hydrogen (secondary N) is 1. The molecule has 0 spiro atoms. The molecule has 1 N–H and O–H groups in total. The predicted molar refractivity (Wildman–Crippen MR) is 83.6 cm³/mol. The second kappa shape index (κ2) is 5.79. The number of anilines is 1. The molecule has 0 amide bonds. The first-order chi connectivity index (χ1) is 10.6. The summed E-state index contributed by atoms with van der Waals surface area (Å²) in [4.78, 5) is 8.28. The summed E-state index contributed by atoms with van der Waals surface area (Å²) in [5, 5.41) is 14.8. The van der Waals surface area contributed by atoms with Crippen LogP contribution in [-0.4, -0.2) is 9.97 Å². The third-order valence-electron chi connectivity index (χ3n) is 2.72. The van der Waals surface area contributed by atoms with Crippen LogP contribution < -0.4 is 5.32 Å². The quantitative estimate of drug-likeness (QED) is 0.725. The second-order valence-electron chi connectivity index (χ2n) is 4.36. The molecule has 2 heterocycles. The van der Waals surface area contributed by atoms with Gasteiger partial charge in [-0.15, -0.1) is 11.3 Å². The lowest BCUT2D eigenvalue weighted by Gasteiger charge is -1.95. The molecule has 1 aromatic carbocycles. The van der Waals surface area contributed by atoms with Crippen LogP contribution in [0.2, 0.25) is 0 Å². The molecule has 0 radical (unpaired) electrons. The van der Waals surface area contributed by atoms with E-state index in [0.29, 0.717) is 20.4 Å². The van der Waals surface area contributed by atoms with Gasteiger partial charge < -0.3 is 5.32 Å². The van der Waals surface area contributed by atoms with Gasteiger partial charge in [0.1, 0.15) is 28.0 Å². The van der Waals surface area contributed by atoms with Crippen LogP contribution in [0.3, 0.4) is 0 Å². The van der Waals surface area contributed by atoms with Gasteiger partial charge in [-0.05, 0) is 13.0 Å². The van der Waals surface area contributed by atoms with Crippen LogP contribution in [0, 0.1) is 29.9 Å². The highest BCUT2D eigenvalue weighted by atomic mass is 32.1.